The van der Waals surface area contributed by atoms with Gasteiger partial charge in [0.15, 0.2) is 9.84 Å². The van der Waals surface area contributed by atoms with Crippen molar-refractivity contribution in [3.63, 3.8) is 0 Å². The smallest absolute Gasteiger partial charge is 0.251 e. The molecule has 0 fully saturated rings. The number of sulfone groups is 1. The summed E-state index contributed by atoms with van der Waals surface area (Å²) < 4.78 is 24.6. The van der Waals surface area contributed by atoms with E-state index in [1.165, 1.54) is 11.3 Å². The standard InChI is InChI=1S/C19H22N2O4S2/c1-12-7-8-14-15(9-12)26-19(17(14)18(20)23)21-16(22)11-27(24,25)10-13-5-3-2-4-6-13/h2-6,12H,7-11H2,1H3,(H2,20,23)(H,21,22)/t12-/m0/s1. The van der Waals surface area contributed by atoms with Gasteiger partial charge in [0.1, 0.15) is 10.8 Å². The minimum atomic E-state index is -3.62. The zero-order valence-corrected chi connectivity index (χ0v) is 16.7. The van der Waals surface area contributed by atoms with Crippen molar-refractivity contribution in [1.29, 1.82) is 0 Å². The molecule has 0 bridgehead atoms. The van der Waals surface area contributed by atoms with Crippen LogP contribution >= 0.6 is 11.3 Å². The normalized spacial score (nSPS) is 16.6. The van der Waals surface area contributed by atoms with E-state index in [1.807, 2.05) is 0 Å². The molecule has 3 N–H and O–H groups in total. The number of benzene rings is 1. The van der Waals surface area contributed by atoms with Crippen molar-refractivity contribution in [1.82, 2.24) is 0 Å². The summed E-state index contributed by atoms with van der Waals surface area (Å²) in [7, 11) is -3.62. The highest BCUT2D eigenvalue weighted by atomic mass is 32.2. The van der Waals surface area contributed by atoms with Crippen molar-refractivity contribution >= 4 is 38.0 Å². The minimum Gasteiger partial charge on any atom is -0.365 e. The van der Waals surface area contributed by atoms with Gasteiger partial charge >= 0.3 is 0 Å². The lowest BCUT2D eigenvalue weighted by Gasteiger charge is -2.18. The largest absolute Gasteiger partial charge is 0.365 e. The van der Waals surface area contributed by atoms with Gasteiger partial charge in [0.05, 0.1) is 11.3 Å². The topological polar surface area (TPSA) is 106 Å². The third-order valence-corrected chi connectivity index (χ3v) is 7.24. The Bertz CT molecular complexity index is 965. The van der Waals surface area contributed by atoms with Gasteiger partial charge in [-0.1, -0.05) is 37.3 Å². The number of rotatable bonds is 6. The Morgan fingerprint density at radius 2 is 1.96 bits per heavy atom. The number of hydrogen-bond donors (Lipinski definition) is 2. The third kappa shape index (κ3) is 4.75. The lowest BCUT2D eigenvalue weighted by Crippen LogP contribution is -2.25. The van der Waals surface area contributed by atoms with Crippen LogP contribution in [0.2, 0.25) is 0 Å². The van der Waals surface area contributed by atoms with Crippen molar-refractivity contribution in [3.8, 4) is 0 Å². The molecule has 3 rings (SSSR count). The Morgan fingerprint density at radius 1 is 1.26 bits per heavy atom. The molecule has 8 heteroatoms. The highest BCUT2D eigenvalue weighted by Crippen LogP contribution is 2.39. The molecule has 27 heavy (non-hydrogen) atoms. The summed E-state index contributed by atoms with van der Waals surface area (Å²) in [5, 5.41) is 2.97. The van der Waals surface area contributed by atoms with Crippen LogP contribution < -0.4 is 11.1 Å². The van der Waals surface area contributed by atoms with Crippen LogP contribution in [0.1, 0.15) is 39.7 Å². The lowest BCUT2D eigenvalue weighted by atomic mass is 9.88. The van der Waals surface area contributed by atoms with Gasteiger partial charge in [-0.25, -0.2) is 8.42 Å². The molecule has 0 radical (unpaired) electrons. The van der Waals surface area contributed by atoms with Crippen LogP contribution in [-0.4, -0.2) is 26.0 Å². The van der Waals surface area contributed by atoms with Gasteiger partial charge in [0.25, 0.3) is 5.91 Å². The van der Waals surface area contributed by atoms with Crippen LogP contribution in [0.3, 0.4) is 0 Å². The molecule has 1 atom stereocenters. The third-order valence-electron chi connectivity index (χ3n) is 4.59. The van der Waals surface area contributed by atoms with Crippen molar-refractivity contribution in [2.24, 2.45) is 11.7 Å². The number of nitrogens with two attached hydrogens (primary N) is 1. The fourth-order valence-corrected chi connectivity index (χ4v) is 6.05. The second-order valence-corrected chi connectivity index (χ2v) is 10.2. The number of carbonyl (C=O) groups is 2. The Hall–Kier alpha value is -2.19. The van der Waals surface area contributed by atoms with Crippen molar-refractivity contribution in [2.45, 2.75) is 31.9 Å². The van der Waals surface area contributed by atoms with E-state index in [0.717, 1.165) is 29.7 Å². The summed E-state index contributed by atoms with van der Waals surface area (Å²) in [5.41, 5.74) is 7.38. The molecule has 0 unspecified atom stereocenters. The molecule has 1 heterocycles. The fourth-order valence-electron chi connectivity index (χ4n) is 3.34. The van der Waals surface area contributed by atoms with Gasteiger partial charge in [-0.2, -0.15) is 0 Å². The van der Waals surface area contributed by atoms with Gasteiger partial charge in [0, 0.05) is 4.88 Å². The molecule has 0 saturated carbocycles. The zero-order chi connectivity index (χ0) is 19.6. The van der Waals surface area contributed by atoms with Crippen LogP contribution in [0.5, 0.6) is 0 Å². The molecule has 6 nitrogen and oxygen atoms in total. The predicted octanol–water partition coefficient (Wildman–Crippen LogP) is 2.53. The first-order chi connectivity index (χ1) is 12.7. The lowest BCUT2D eigenvalue weighted by molar-refractivity contribution is -0.113. The number of carbonyl (C=O) groups excluding carboxylic acids is 2. The van der Waals surface area contributed by atoms with Crippen LogP contribution in [0.25, 0.3) is 0 Å². The maximum Gasteiger partial charge on any atom is 0.251 e. The first-order valence-electron chi connectivity index (χ1n) is 8.73. The molecule has 1 aliphatic carbocycles. The maximum atomic E-state index is 12.3. The van der Waals surface area contributed by atoms with E-state index >= 15 is 0 Å². The Kier molecular flexibility index (Phi) is 5.67. The van der Waals surface area contributed by atoms with E-state index in [1.54, 1.807) is 30.3 Å². The van der Waals surface area contributed by atoms with Gasteiger partial charge in [-0.15, -0.1) is 11.3 Å². The molecular formula is C19H22N2O4S2. The van der Waals surface area contributed by atoms with Crippen LogP contribution in [0, 0.1) is 5.92 Å². The summed E-state index contributed by atoms with van der Waals surface area (Å²) in [6.07, 6.45) is 2.54. The van der Waals surface area contributed by atoms with E-state index in [9.17, 15) is 18.0 Å². The molecule has 144 valence electrons. The van der Waals surface area contributed by atoms with E-state index < -0.39 is 27.4 Å². The molecule has 2 amide bonds. The van der Waals surface area contributed by atoms with E-state index in [0.29, 0.717) is 22.0 Å². The first-order valence-corrected chi connectivity index (χ1v) is 11.4. The highest BCUT2D eigenvalue weighted by Gasteiger charge is 2.28. The molecule has 1 aliphatic rings. The highest BCUT2D eigenvalue weighted by molar-refractivity contribution is 7.91. The van der Waals surface area contributed by atoms with E-state index in [4.69, 9.17) is 5.73 Å². The number of nitrogens with one attached hydrogen (secondary N) is 1. The number of fused-ring (bicyclic) bond motifs is 1. The van der Waals surface area contributed by atoms with Crippen LogP contribution in [0.4, 0.5) is 5.00 Å². The summed E-state index contributed by atoms with van der Waals surface area (Å²) >= 11 is 1.32. The number of anilines is 1. The molecular weight excluding hydrogens is 384 g/mol. The molecule has 1 aromatic carbocycles. The molecule has 0 aliphatic heterocycles. The van der Waals surface area contributed by atoms with Crippen LogP contribution in [0.15, 0.2) is 30.3 Å². The molecule has 2 aromatic rings. The van der Waals surface area contributed by atoms with Gasteiger partial charge in [-0.05, 0) is 36.3 Å². The zero-order valence-electron chi connectivity index (χ0n) is 15.0. The second-order valence-electron chi connectivity index (χ2n) is 6.99. The summed E-state index contributed by atoms with van der Waals surface area (Å²) in [4.78, 5) is 25.3. The van der Waals surface area contributed by atoms with Crippen molar-refractivity contribution < 1.29 is 18.0 Å². The second kappa shape index (κ2) is 7.82. The first kappa shape index (κ1) is 19.6. The summed E-state index contributed by atoms with van der Waals surface area (Å²) in [6.45, 7) is 2.14. The quantitative estimate of drug-likeness (QED) is 0.769. The van der Waals surface area contributed by atoms with E-state index in [2.05, 4.69) is 12.2 Å². The van der Waals surface area contributed by atoms with Crippen LogP contribution in [-0.2, 0) is 33.2 Å². The molecule has 1 aromatic heterocycles. The molecule has 0 saturated heterocycles. The Labute approximate surface area is 162 Å². The minimum absolute atomic E-state index is 0.206. The fraction of sp³-hybridized carbons (Fsp3) is 0.368. The Morgan fingerprint density at radius 3 is 2.63 bits per heavy atom. The Balaban J connectivity index is 1.75. The van der Waals surface area contributed by atoms with Gasteiger partial charge in [0.2, 0.25) is 5.91 Å². The molecule has 0 spiro atoms. The van der Waals surface area contributed by atoms with Gasteiger partial charge < -0.3 is 11.1 Å². The predicted molar refractivity (Wildman–Crippen MR) is 107 cm³/mol. The average molecular weight is 407 g/mol. The average Bonchev–Trinajstić information content (AvgIpc) is 2.91. The number of thiophene rings is 1. The SMILES string of the molecule is C[C@H]1CCc2c(sc(NC(=O)CS(=O)(=O)Cc3ccccc3)c2C(N)=O)C1. The van der Waals surface area contributed by atoms with Crippen molar-refractivity contribution in [2.75, 3.05) is 11.1 Å². The number of amides is 2. The van der Waals surface area contributed by atoms with Crippen molar-refractivity contribution in [3.05, 3.63) is 51.9 Å². The van der Waals surface area contributed by atoms with E-state index in [-0.39, 0.29) is 5.75 Å². The summed E-state index contributed by atoms with van der Waals surface area (Å²) in [6, 6.07) is 8.71. The number of primary amides is 1. The summed E-state index contributed by atoms with van der Waals surface area (Å²) in [5.74, 6) is -1.59. The number of hydrogen-bond acceptors (Lipinski definition) is 5. The monoisotopic (exact) mass is 406 g/mol. The maximum absolute atomic E-state index is 12.3. The van der Waals surface area contributed by atoms with Gasteiger partial charge in [-0.3, -0.25) is 9.59 Å².